The van der Waals surface area contributed by atoms with Crippen molar-refractivity contribution in [3.63, 3.8) is 0 Å². The Bertz CT molecular complexity index is 901. The minimum Gasteiger partial charge on any atom is -0.472 e. The summed E-state index contributed by atoms with van der Waals surface area (Å²) in [6.45, 7) is 6.32. The third kappa shape index (κ3) is 6.26. The van der Waals surface area contributed by atoms with Gasteiger partial charge in [0.05, 0.1) is 19.2 Å². The van der Waals surface area contributed by atoms with Crippen LogP contribution < -0.4 is 4.74 Å². The number of ether oxygens (including phenoxy) is 1. The molecule has 1 aliphatic carbocycles. The Kier molecular flexibility index (Phi) is 8.74. The van der Waals surface area contributed by atoms with Gasteiger partial charge in [0.15, 0.2) is 0 Å². The Hall–Kier alpha value is -2.59. The smallest absolute Gasteiger partial charge is 0.259 e. The molecule has 0 aromatic carbocycles. The van der Waals surface area contributed by atoms with Gasteiger partial charge in [0.2, 0.25) is 11.8 Å². The fourth-order valence-corrected chi connectivity index (χ4v) is 4.54. The molecule has 0 spiro atoms. The predicted molar refractivity (Wildman–Crippen MR) is 127 cm³/mol. The van der Waals surface area contributed by atoms with Crippen molar-refractivity contribution in [1.29, 1.82) is 0 Å². The molecule has 180 valence electrons. The molecule has 33 heavy (non-hydrogen) atoms. The number of pyridine rings is 1. The molecule has 0 saturated heterocycles. The molecule has 1 aromatic rings. The van der Waals surface area contributed by atoms with Crippen LogP contribution in [0, 0.1) is 23.7 Å². The zero-order valence-corrected chi connectivity index (χ0v) is 20.3. The van der Waals surface area contributed by atoms with Crippen molar-refractivity contribution in [2.24, 2.45) is 11.8 Å². The van der Waals surface area contributed by atoms with Crippen LogP contribution in [0.25, 0.3) is 0 Å². The van der Waals surface area contributed by atoms with Crippen molar-refractivity contribution < 1.29 is 19.4 Å². The molecule has 3 atom stereocenters. The van der Waals surface area contributed by atoms with E-state index in [9.17, 15) is 14.7 Å². The predicted octanol–water partition coefficient (Wildman–Crippen LogP) is 3.10. The van der Waals surface area contributed by atoms with E-state index in [0.717, 1.165) is 6.42 Å². The second kappa shape index (κ2) is 11.5. The monoisotopic (exact) mass is 455 g/mol. The first kappa shape index (κ1) is 25.0. The Labute approximate surface area is 197 Å². The molecule has 1 fully saturated rings. The number of nitrogens with zero attached hydrogens (tertiary/aromatic N) is 3. The lowest BCUT2D eigenvalue weighted by Gasteiger charge is -2.37. The molecule has 7 nitrogen and oxygen atoms in total. The second-order valence-corrected chi connectivity index (χ2v) is 9.48. The fourth-order valence-electron chi connectivity index (χ4n) is 4.54. The van der Waals surface area contributed by atoms with Crippen LogP contribution in [0.3, 0.4) is 0 Å². The van der Waals surface area contributed by atoms with Crippen molar-refractivity contribution in [3.05, 3.63) is 23.4 Å². The summed E-state index contributed by atoms with van der Waals surface area (Å²) in [4.78, 5) is 33.4. The number of carbonyl (C=O) groups is 2. The zero-order chi connectivity index (χ0) is 24.0. The largest absolute Gasteiger partial charge is 0.472 e. The lowest BCUT2D eigenvalue weighted by Crippen LogP contribution is -2.50. The maximum atomic E-state index is 13.4. The van der Waals surface area contributed by atoms with Gasteiger partial charge >= 0.3 is 0 Å². The summed E-state index contributed by atoms with van der Waals surface area (Å²) in [5.41, 5.74) is 1.04. The van der Waals surface area contributed by atoms with E-state index >= 15 is 0 Å². The highest BCUT2D eigenvalue weighted by molar-refractivity contribution is 5.97. The van der Waals surface area contributed by atoms with E-state index < -0.39 is 0 Å². The van der Waals surface area contributed by atoms with Gasteiger partial charge in [0.25, 0.3) is 5.91 Å². The van der Waals surface area contributed by atoms with Crippen LogP contribution in [0.2, 0.25) is 0 Å². The number of hydrogen-bond donors (Lipinski definition) is 1. The van der Waals surface area contributed by atoms with Gasteiger partial charge in [-0.3, -0.25) is 9.59 Å². The summed E-state index contributed by atoms with van der Waals surface area (Å²) in [6.07, 6.45) is 7.66. The molecule has 1 saturated carbocycles. The van der Waals surface area contributed by atoms with Gasteiger partial charge in [-0.1, -0.05) is 38.5 Å². The Morgan fingerprint density at radius 2 is 2.12 bits per heavy atom. The number of rotatable bonds is 6. The lowest BCUT2D eigenvalue weighted by atomic mass is 9.99. The van der Waals surface area contributed by atoms with Gasteiger partial charge in [-0.25, -0.2) is 4.98 Å². The summed E-state index contributed by atoms with van der Waals surface area (Å²) < 4.78 is 6.22. The quantitative estimate of drug-likeness (QED) is 0.667. The number of aromatic nitrogens is 1. The highest BCUT2D eigenvalue weighted by Gasteiger charge is 2.34. The van der Waals surface area contributed by atoms with Crippen LogP contribution in [0.5, 0.6) is 5.88 Å². The molecule has 0 unspecified atom stereocenters. The summed E-state index contributed by atoms with van der Waals surface area (Å²) in [5.74, 6) is 7.11. The van der Waals surface area contributed by atoms with Crippen molar-refractivity contribution >= 4 is 11.8 Å². The standard InChI is InChI=1S/C26H37N3O4/c1-5-24(31)28(4)16-23-18(2)15-29(19(3)17-30)26(32)22-13-21(14-27-25(22)33-23)12-8-11-20-9-6-7-10-20/h13-14,18-20,23,30H,5-7,9-11,15-17H2,1-4H3/t18-,19-,23+/m1/s1. The third-order valence-electron chi connectivity index (χ3n) is 6.80. The molecule has 2 heterocycles. The molecule has 1 aromatic heterocycles. The summed E-state index contributed by atoms with van der Waals surface area (Å²) in [5, 5.41) is 9.78. The van der Waals surface area contributed by atoms with E-state index in [4.69, 9.17) is 4.74 Å². The van der Waals surface area contributed by atoms with Crippen LogP contribution in [0.1, 0.15) is 75.2 Å². The molecular formula is C26H37N3O4. The summed E-state index contributed by atoms with van der Waals surface area (Å²) in [6, 6.07) is 1.40. The molecular weight excluding hydrogens is 418 g/mol. The topological polar surface area (TPSA) is 83.0 Å². The molecule has 1 aliphatic heterocycles. The molecule has 7 heteroatoms. The minimum atomic E-state index is -0.348. The SMILES string of the molecule is CCC(=O)N(C)C[C@@H]1Oc2ncc(C#CCC3CCCC3)cc2C(=O)N([C@H](C)CO)C[C@H]1C. The highest BCUT2D eigenvalue weighted by atomic mass is 16.5. The molecule has 0 bridgehead atoms. The van der Waals surface area contributed by atoms with E-state index in [2.05, 4.69) is 16.8 Å². The first-order valence-corrected chi connectivity index (χ1v) is 12.1. The normalized spacial score (nSPS) is 21.8. The Balaban J connectivity index is 1.90. The van der Waals surface area contributed by atoms with Crippen LogP contribution >= 0.6 is 0 Å². The molecule has 2 aliphatic rings. The molecule has 1 N–H and O–H groups in total. The first-order valence-electron chi connectivity index (χ1n) is 12.1. The van der Waals surface area contributed by atoms with Gasteiger partial charge in [-0.05, 0) is 31.7 Å². The van der Waals surface area contributed by atoms with Crippen molar-refractivity contribution in [1.82, 2.24) is 14.8 Å². The van der Waals surface area contributed by atoms with Crippen LogP contribution in [0.15, 0.2) is 12.3 Å². The third-order valence-corrected chi connectivity index (χ3v) is 6.80. The average molecular weight is 456 g/mol. The number of fused-ring (bicyclic) bond motifs is 1. The molecule has 3 rings (SSSR count). The van der Waals surface area contributed by atoms with Crippen LogP contribution in [-0.2, 0) is 4.79 Å². The van der Waals surface area contributed by atoms with E-state index in [1.165, 1.54) is 25.7 Å². The summed E-state index contributed by atoms with van der Waals surface area (Å²) >= 11 is 0. The van der Waals surface area contributed by atoms with Crippen LogP contribution in [-0.4, -0.2) is 70.6 Å². The maximum Gasteiger partial charge on any atom is 0.259 e. The number of aliphatic hydroxyl groups is 1. The minimum absolute atomic E-state index is 0.0329. The van der Waals surface area contributed by atoms with Crippen LogP contribution in [0.4, 0.5) is 0 Å². The van der Waals surface area contributed by atoms with Crippen molar-refractivity contribution in [2.45, 2.75) is 71.4 Å². The lowest BCUT2D eigenvalue weighted by molar-refractivity contribution is -0.131. The Morgan fingerprint density at radius 1 is 1.39 bits per heavy atom. The number of aliphatic hydroxyl groups excluding tert-OH is 1. The van der Waals surface area contributed by atoms with Gasteiger partial charge < -0.3 is 19.6 Å². The van der Waals surface area contributed by atoms with Crippen molar-refractivity contribution in [2.75, 3.05) is 26.7 Å². The number of hydrogen-bond acceptors (Lipinski definition) is 5. The number of carbonyl (C=O) groups excluding carboxylic acids is 2. The second-order valence-electron chi connectivity index (χ2n) is 9.48. The Morgan fingerprint density at radius 3 is 2.79 bits per heavy atom. The number of likely N-dealkylation sites (N-methyl/N-ethyl adjacent to an activating group) is 1. The fraction of sp³-hybridized carbons (Fsp3) is 0.654. The average Bonchev–Trinajstić information content (AvgIpc) is 3.34. The maximum absolute atomic E-state index is 13.4. The highest BCUT2D eigenvalue weighted by Crippen LogP contribution is 2.28. The molecule has 2 amide bonds. The van der Waals surface area contributed by atoms with Gasteiger partial charge in [0.1, 0.15) is 11.7 Å². The zero-order valence-electron chi connectivity index (χ0n) is 20.3. The summed E-state index contributed by atoms with van der Waals surface area (Å²) in [7, 11) is 1.76. The van der Waals surface area contributed by atoms with E-state index in [-0.39, 0.29) is 42.4 Å². The van der Waals surface area contributed by atoms with Gasteiger partial charge in [-0.15, -0.1) is 0 Å². The van der Waals surface area contributed by atoms with Gasteiger partial charge in [0, 0.05) is 44.1 Å². The number of amides is 2. The first-order chi connectivity index (χ1) is 15.8. The van der Waals surface area contributed by atoms with E-state index in [1.54, 1.807) is 29.1 Å². The van der Waals surface area contributed by atoms with E-state index in [1.807, 2.05) is 20.8 Å². The molecule has 0 radical (unpaired) electrons. The van der Waals surface area contributed by atoms with Crippen molar-refractivity contribution in [3.8, 4) is 17.7 Å². The van der Waals surface area contributed by atoms with E-state index in [0.29, 0.717) is 36.6 Å². The van der Waals surface area contributed by atoms with Gasteiger partial charge in [-0.2, -0.15) is 0 Å².